The summed E-state index contributed by atoms with van der Waals surface area (Å²) in [4.78, 5) is 11.5. The third kappa shape index (κ3) is 2.61. The van der Waals surface area contributed by atoms with Gasteiger partial charge in [0.15, 0.2) is 0 Å². The normalized spacial score (nSPS) is 32.8. The van der Waals surface area contributed by atoms with E-state index in [1.54, 1.807) is 0 Å². The Hall–Kier alpha value is -0.790. The molecule has 0 spiro atoms. The minimum Gasteiger partial charge on any atom is -0.462 e. The van der Waals surface area contributed by atoms with Gasteiger partial charge in [-0.25, -0.2) is 0 Å². The molecule has 2 saturated carbocycles. The number of fused-ring (bicyclic) bond motifs is 2. The molecule has 0 amide bonds. The Labute approximate surface area is 91.7 Å². The summed E-state index contributed by atoms with van der Waals surface area (Å²) in [5.74, 6) is 1.47. The molecule has 0 radical (unpaired) electrons. The largest absolute Gasteiger partial charge is 0.462 e. The van der Waals surface area contributed by atoms with Gasteiger partial charge < -0.3 is 4.74 Å². The molecule has 0 aromatic rings. The molecule has 0 heterocycles. The molecule has 2 aliphatic rings. The van der Waals surface area contributed by atoms with Gasteiger partial charge in [-0.15, -0.1) is 0 Å². The molecule has 2 rings (SSSR count). The maximum atomic E-state index is 11.5. The Morgan fingerprint density at radius 3 is 2.67 bits per heavy atom. The summed E-state index contributed by atoms with van der Waals surface area (Å²) in [6, 6.07) is 0. The maximum Gasteiger partial charge on any atom is 0.309 e. The van der Waals surface area contributed by atoms with Crippen LogP contribution in [0.3, 0.4) is 0 Å². The molecule has 15 heavy (non-hydrogen) atoms. The number of rotatable bonds is 3. The first-order valence-electron chi connectivity index (χ1n) is 5.98. The van der Waals surface area contributed by atoms with Crippen LogP contribution >= 0.6 is 0 Å². The van der Waals surface area contributed by atoms with Crippen molar-refractivity contribution in [2.45, 2.75) is 52.1 Å². The Balaban J connectivity index is 1.77. The molecule has 0 saturated heterocycles. The zero-order valence-corrected chi connectivity index (χ0v) is 9.66. The molecule has 0 aromatic heterocycles. The highest BCUT2D eigenvalue weighted by atomic mass is 16.5. The molecule has 2 heteroatoms. The van der Waals surface area contributed by atoms with Gasteiger partial charge in [0.25, 0.3) is 0 Å². The highest BCUT2D eigenvalue weighted by Gasteiger charge is 2.41. The summed E-state index contributed by atoms with van der Waals surface area (Å²) in [6.07, 6.45) is 7.65. The zero-order chi connectivity index (χ0) is 10.8. The van der Waals surface area contributed by atoms with Gasteiger partial charge in [0, 0.05) is 0 Å². The number of carbonyl (C=O) groups excluding carboxylic acids is 1. The fourth-order valence-electron chi connectivity index (χ4n) is 2.84. The lowest BCUT2D eigenvalue weighted by molar-refractivity contribution is -0.150. The Morgan fingerprint density at radius 2 is 2.13 bits per heavy atom. The minimum absolute atomic E-state index is 0.0475. The summed E-state index contributed by atoms with van der Waals surface area (Å²) in [5.41, 5.74) is 1.18. The molecule has 0 aromatic carbocycles. The predicted octanol–water partition coefficient (Wildman–Crippen LogP) is 3.07. The van der Waals surface area contributed by atoms with Crippen LogP contribution in [0.2, 0.25) is 0 Å². The van der Waals surface area contributed by atoms with Gasteiger partial charge in [-0.1, -0.05) is 11.6 Å². The van der Waals surface area contributed by atoms with E-state index in [9.17, 15) is 4.79 Å². The van der Waals surface area contributed by atoms with Crippen molar-refractivity contribution < 1.29 is 9.53 Å². The number of hydrogen-bond donors (Lipinski definition) is 0. The van der Waals surface area contributed by atoms with Crippen molar-refractivity contribution in [1.29, 1.82) is 0 Å². The van der Waals surface area contributed by atoms with Crippen LogP contribution in [0.1, 0.15) is 46.0 Å². The van der Waals surface area contributed by atoms with Gasteiger partial charge in [0.1, 0.15) is 6.10 Å². The van der Waals surface area contributed by atoms with Crippen LogP contribution in [0.25, 0.3) is 0 Å². The van der Waals surface area contributed by atoms with Gasteiger partial charge in [-0.05, 0) is 51.4 Å². The van der Waals surface area contributed by atoms with Crippen LogP contribution in [0.15, 0.2) is 11.6 Å². The zero-order valence-electron chi connectivity index (χ0n) is 9.66. The summed E-state index contributed by atoms with van der Waals surface area (Å²) >= 11 is 0. The predicted molar refractivity (Wildman–Crippen MR) is 59.4 cm³/mol. The fourth-order valence-corrected chi connectivity index (χ4v) is 2.84. The van der Waals surface area contributed by atoms with Crippen LogP contribution in [-0.4, -0.2) is 12.1 Å². The highest BCUT2D eigenvalue weighted by Crippen LogP contribution is 2.45. The second-order valence-electron chi connectivity index (χ2n) is 5.19. The van der Waals surface area contributed by atoms with E-state index in [4.69, 9.17) is 4.74 Å². The van der Waals surface area contributed by atoms with Gasteiger partial charge in [0.05, 0.1) is 6.42 Å². The standard InChI is InChI=1S/C13H20O2/c1-9(2)3-6-13(14)15-12-8-10-4-5-11(12)7-10/h3,10-12H,4-8H2,1-2H3. The summed E-state index contributed by atoms with van der Waals surface area (Å²) in [6.45, 7) is 4.01. The molecule has 0 aliphatic heterocycles. The lowest BCUT2D eigenvalue weighted by Crippen LogP contribution is -2.23. The third-order valence-electron chi connectivity index (χ3n) is 3.63. The smallest absolute Gasteiger partial charge is 0.309 e. The number of carbonyl (C=O) groups is 1. The molecule has 0 N–H and O–H groups in total. The monoisotopic (exact) mass is 208 g/mol. The molecule has 3 atom stereocenters. The second-order valence-corrected chi connectivity index (χ2v) is 5.19. The van der Waals surface area contributed by atoms with Crippen LogP contribution in [-0.2, 0) is 9.53 Å². The molecule has 2 bridgehead atoms. The van der Waals surface area contributed by atoms with Crippen molar-refractivity contribution in [2.75, 3.05) is 0 Å². The van der Waals surface area contributed by atoms with Crippen molar-refractivity contribution in [1.82, 2.24) is 0 Å². The van der Waals surface area contributed by atoms with Crippen LogP contribution in [0.5, 0.6) is 0 Å². The highest BCUT2D eigenvalue weighted by molar-refractivity contribution is 5.71. The van der Waals surface area contributed by atoms with E-state index in [-0.39, 0.29) is 12.1 Å². The van der Waals surface area contributed by atoms with Crippen LogP contribution in [0, 0.1) is 11.8 Å². The molecular formula is C13H20O2. The lowest BCUT2D eigenvalue weighted by atomic mass is 9.98. The maximum absolute atomic E-state index is 11.5. The molecule has 2 aliphatic carbocycles. The minimum atomic E-state index is -0.0475. The van der Waals surface area contributed by atoms with Crippen molar-refractivity contribution in [3.05, 3.63) is 11.6 Å². The fraction of sp³-hybridized carbons (Fsp3) is 0.769. The van der Waals surface area contributed by atoms with Crippen LogP contribution in [0.4, 0.5) is 0 Å². The van der Waals surface area contributed by atoms with Crippen molar-refractivity contribution >= 4 is 5.97 Å². The van der Waals surface area contributed by atoms with E-state index < -0.39 is 0 Å². The van der Waals surface area contributed by atoms with E-state index >= 15 is 0 Å². The van der Waals surface area contributed by atoms with Crippen molar-refractivity contribution in [3.63, 3.8) is 0 Å². The first-order valence-corrected chi connectivity index (χ1v) is 5.98. The Morgan fingerprint density at radius 1 is 1.33 bits per heavy atom. The molecule has 84 valence electrons. The molecule has 2 nitrogen and oxygen atoms in total. The van der Waals surface area contributed by atoms with E-state index in [2.05, 4.69) is 0 Å². The van der Waals surface area contributed by atoms with E-state index in [0.29, 0.717) is 12.3 Å². The first-order chi connectivity index (χ1) is 7.15. The van der Waals surface area contributed by atoms with E-state index in [1.165, 1.54) is 24.8 Å². The van der Waals surface area contributed by atoms with Gasteiger partial charge >= 0.3 is 5.97 Å². The summed E-state index contributed by atoms with van der Waals surface area (Å²) < 4.78 is 5.51. The average Bonchev–Trinajstić information content (AvgIpc) is 2.76. The van der Waals surface area contributed by atoms with Crippen molar-refractivity contribution in [2.24, 2.45) is 11.8 Å². The molecule has 2 fully saturated rings. The number of hydrogen-bond acceptors (Lipinski definition) is 2. The van der Waals surface area contributed by atoms with E-state index in [0.717, 1.165) is 12.3 Å². The van der Waals surface area contributed by atoms with E-state index in [1.807, 2.05) is 19.9 Å². The van der Waals surface area contributed by atoms with Gasteiger partial charge in [-0.3, -0.25) is 4.79 Å². The SMILES string of the molecule is CC(C)=CCC(=O)OC1CC2CCC1C2. The Kier molecular flexibility index (Phi) is 3.13. The number of ether oxygens (including phenoxy) is 1. The topological polar surface area (TPSA) is 26.3 Å². The molecular weight excluding hydrogens is 188 g/mol. The van der Waals surface area contributed by atoms with Gasteiger partial charge in [-0.2, -0.15) is 0 Å². The number of esters is 1. The second kappa shape index (κ2) is 4.38. The Bertz CT molecular complexity index is 276. The third-order valence-corrected chi connectivity index (χ3v) is 3.63. The van der Waals surface area contributed by atoms with Gasteiger partial charge in [0.2, 0.25) is 0 Å². The summed E-state index contributed by atoms with van der Waals surface area (Å²) in [7, 11) is 0. The quantitative estimate of drug-likeness (QED) is 0.526. The van der Waals surface area contributed by atoms with Crippen LogP contribution < -0.4 is 0 Å². The lowest BCUT2D eigenvalue weighted by Gasteiger charge is -2.21. The van der Waals surface area contributed by atoms with Crippen molar-refractivity contribution in [3.8, 4) is 0 Å². The number of allylic oxidation sites excluding steroid dienone is 1. The first kappa shape index (κ1) is 10.7. The summed E-state index contributed by atoms with van der Waals surface area (Å²) in [5, 5.41) is 0. The average molecular weight is 208 g/mol. The molecule has 3 unspecified atom stereocenters.